The van der Waals surface area contributed by atoms with E-state index in [-0.39, 0.29) is 29.1 Å². The van der Waals surface area contributed by atoms with Gasteiger partial charge in [-0.15, -0.1) is 0 Å². The first-order chi connectivity index (χ1) is 16.5. The molecule has 2 heterocycles. The molecule has 0 radical (unpaired) electrons. The molecule has 3 rings (SSSR count). The Morgan fingerprint density at radius 3 is 2.17 bits per heavy atom. The van der Waals surface area contributed by atoms with E-state index in [4.69, 9.17) is 4.74 Å². The van der Waals surface area contributed by atoms with Crippen molar-refractivity contribution in [3.8, 4) is 0 Å². The molecule has 0 aromatic heterocycles. The van der Waals surface area contributed by atoms with Crippen LogP contribution in [0.15, 0.2) is 0 Å². The zero-order chi connectivity index (χ0) is 25.8. The Balaban J connectivity index is 1.81. The van der Waals surface area contributed by atoms with Crippen LogP contribution in [0.25, 0.3) is 0 Å². The number of hydrogen-bond acceptors (Lipinski definition) is 5. The van der Waals surface area contributed by atoms with Crippen molar-refractivity contribution < 1.29 is 23.9 Å². The lowest BCUT2D eigenvalue weighted by Gasteiger charge is -2.34. The second kappa shape index (κ2) is 11.3. The minimum Gasteiger partial charge on any atom is -0.444 e. The average Bonchev–Trinajstić information content (AvgIpc) is 3.09. The van der Waals surface area contributed by atoms with E-state index in [1.807, 2.05) is 0 Å². The molecule has 3 amide bonds. The maximum Gasteiger partial charge on any atom is 0.408 e. The summed E-state index contributed by atoms with van der Waals surface area (Å²) in [5.74, 6) is -0.187. The highest BCUT2D eigenvalue weighted by Gasteiger charge is 2.69. The Hall–Kier alpha value is -2.12. The van der Waals surface area contributed by atoms with E-state index < -0.39 is 29.8 Å². The molecule has 5 atom stereocenters. The number of ether oxygens (including phenoxy) is 1. The predicted octanol–water partition coefficient (Wildman–Crippen LogP) is 3.96. The molecule has 198 valence electrons. The van der Waals surface area contributed by atoms with E-state index in [9.17, 15) is 19.2 Å². The molecule has 0 bridgehead atoms. The Bertz CT molecular complexity index is 790. The van der Waals surface area contributed by atoms with Crippen molar-refractivity contribution in [1.29, 1.82) is 0 Å². The molecule has 2 saturated heterocycles. The monoisotopic (exact) mass is 491 g/mol. The molecule has 8 nitrogen and oxygen atoms in total. The highest BCUT2D eigenvalue weighted by Crippen LogP contribution is 2.64. The van der Waals surface area contributed by atoms with Crippen LogP contribution < -0.4 is 10.6 Å². The van der Waals surface area contributed by atoms with Gasteiger partial charge in [0.2, 0.25) is 11.8 Å². The lowest BCUT2D eigenvalue weighted by molar-refractivity contribution is -0.142. The van der Waals surface area contributed by atoms with Crippen molar-refractivity contribution in [2.24, 2.45) is 17.3 Å². The minimum absolute atomic E-state index is 0.0255. The van der Waals surface area contributed by atoms with Gasteiger partial charge < -0.3 is 25.1 Å². The van der Waals surface area contributed by atoms with Crippen LogP contribution in [0.3, 0.4) is 0 Å². The van der Waals surface area contributed by atoms with Crippen LogP contribution in [0.2, 0.25) is 0 Å². The number of carbonyl (C=O) groups excluding carboxylic acids is 4. The van der Waals surface area contributed by atoms with Crippen molar-refractivity contribution in [1.82, 2.24) is 15.5 Å². The first-order valence-corrected chi connectivity index (χ1v) is 13.5. The zero-order valence-electron chi connectivity index (χ0n) is 22.2. The van der Waals surface area contributed by atoms with Crippen LogP contribution in [0.5, 0.6) is 0 Å². The van der Waals surface area contributed by atoms with E-state index >= 15 is 0 Å². The number of nitrogens with one attached hydrogen (secondary N) is 2. The topological polar surface area (TPSA) is 105 Å². The van der Waals surface area contributed by atoms with E-state index in [1.165, 1.54) is 0 Å². The molecule has 8 heteroatoms. The molecular formula is C27H45N3O5. The molecule has 1 aliphatic carbocycles. The molecule has 1 saturated carbocycles. The van der Waals surface area contributed by atoms with Gasteiger partial charge in [-0.2, -0.15) is 0 Å². The van der Waals surface area contributed by atoms with Gasteiger partial charge in [0.25, 0.3) is 0 Å². The molecule has 3 aliphatic rings. The van der Waals surface area contributed by atoms with Gasteiger partial charge in [0, 0.05) is 6.54 Å². The Kier molecular flexibility index (Phi) is 8.86. The summed E-state index contributed by atoms with van der Waals surface area (Å²) in [6, 6.07) is -1.89. The largest absolute Gasteiger partial charge is 0.444 e. The number of carbonyl (C=O) groups is 4. The summed E-state index contributed by atoms with van der Waals surface area (Å²) in [6.45, 7) is 10.1. The van der Waals surface area contributed by atoms with Crippen LogP contribution in [-0.4, -0.2) is 59.4 Å². The highest BCUT2D eigenvalue weighted by atomic mass is 16.6. The van der Waals surface area contributed by atoms with Crippen molar-refractivity contribution in [3.05, 3.63) is 0 Å². The first-order valence-electron chi connectivity index (χ1n) is 13.5. The third kappa shape index (κ3) is 6.98. The van der Waals surface area contributed by atoms with E-state index in [1.54, 1.807) is 25.7 Å². The van der Waals surface area contributed by atoms with Crippen molar-refractivity contribution in [2.45, 2.75) is 123 Å². The SMILES string of the molecule is CC(C)(C)OC(=O)NC1CCCCCCCCCC[C@@H](C=O)NC(=O)[C@@H]2C3C(CN2C1=O)C3(C)C. The fourth-order valence-corrected chi connectivity index (χ4v) is 5.94. The molecule has 2 aliphatic heterocycles. The molecule has 3 fully saturated rings. The third-order valence-electron chi connectivity index (χ3n) is 8.00. The maximum atomic E-state index is 13.8. The summed E-state index contributed by atoms with van der Waals surface area (Å²) in [7, 11) is 0. The van der Waals surface area contributed by atoms with Gasteiger partial charge in [0.15, 0.2) is 0 Å². The summed E-state index contributed by atoms with van der Waals surface area (Å²) in [5, 5.41) is 5.72. The lowest BCUT2D eigenvalue weighted by Crippen LogP contribution is -2.57. The van der Waals surface area contributed by atoms with Gasteiger partial charge in [-0.05, 0) is 50.9 Å². The summed E-state index contributed by atoms with van der Waals surface area (Å²) in [4.78, 5) is 53.1. The summed E-state index contributed by atoms with van der Waals surface area (Å²) in [5.41, 5.74) is -0.697. The van der Waals surface area contributed by atoms with Crippen molar-refractivity contribution >= 4 is 24.2 Å². The van der Waals surface area contributed by atoms with Gasteiger partial charge in [-0.25, -0.2) is 4.79 Å². The number of amides is 3. The van der Waals surface area contributed by atoms with Gasteiger partial charge in [-0.3, -0.25) is 9.59 Å². The van der Waals surface area contributed by atoms with Crippen molar-refractivity contribution in [3.63, 3.8) is 0 Å². The maximum absolute atomic E-state index is 13.8. The Labute approximate surface area is 210 Å². The third-order valence-corrected chi connectivity index (χ3v) is 8.00. The second-order valence-electron chi connectivity index (χ2n) is 12.2. The van der Waals surface area contributed by atoms with Crippen molar-refractivity contribution in [2.75, 3.05) is 6.54 Å². The predicted molar refractivity (Wildman–Crippen MR) is 134 cm³/mol. The highest BCUT2D eigenvalue weighted by molar-refractivity contribution is 5.93. The Morgan fingerprint density at radius 2 is 1.60 bits per heavy atom. The summed E-state index contributed by atoms with van der Waals surface area (Å²) < 4.78 is 5.43. The Morgan fingerprint density at radius 1 is 1.03 bits per heavy atom. The molecule has 0 aromatic carbocycles. The van der Waals surface area contributed by atoms with Crippen LogP contribution in [0, 0.1) is 17.3 Å². The fraction of sp³-hybridized carbons (Fsp3) is 0.852. The molecule has 3 unspecified atom stereocenters. The van der Waals surface area contributed by atoms with Gasteiger partial charge >= 0.3 is 6.09 Å². The molecule has 35 heavy (non-hydrogen) atoms. The van der Waals surface area contributed by atoms with Gasteiger partial charge in [-0.1, -0.05) is 65.2 Å². The second-order valence-corrected chi connectivity index (χ2v) is 12.2. The van der Waals surface area contributed by atoms with Gasteiger partial charge in [0.1, 0.15) is 24.0 Å². The summed E-state index contributed by atoms with van der Waals surface area (Å²) in [6.07, 6.45) is 9.59. The van der Waals surface area contributed by atoms with E-state index in [2.05, 4.69) is 24.5 Å². The number of piperidine rings is 1. The normalized spacial score (nSPS) is 32.5. The average molecular weight is 492 g/mol. The number of fused-ring (bicyclic) bond motifs is 3. The number of hydrogen-bond donors (Lipinski definition) is 2. The standard InChI is InChI=1S/C27H45N3O5/c1-26(2,3)35-25(34)29-20-15-13-11-9-7-6-8-10-12-14-18(17-31)28-23(32)22-21-19(27(21,4)5)16-30(22)24(20)33/h17-22H,6-16H2,1-5H3,(H,28,32)(H,29,34)/t18-,19?,20?,21?,22-/m0/s1. The number of rotatable bonds is 2. The zero-order valence-corrected chi connectivity index (χ0v) is 22.2. The molecule has 0 spiro atoms. The molecule has 2 N–H and O–H groups in total. The van der Waals surface area contributed by atoms with Gasteiger partial charge in [0.05, 0.1) is 6.04 Å². The smallest absolute Gasteiger partial charge is 0.408 e. The van der Waals surface area contributed by atoms with Crippen LogP contribution in [-0.2, 0) is 19.1 Å². The number of nitrogens with zero attached hydrogens (tertiary/aromatic N) is 1. The quantitative estimate of drug-likeness (QED) is 0.569. The van der Waals surface area contributed by atoms with Crippen LogP contribution in [0.1, 0.15) is 98.8 Å². The first kappa shape index (κ1) is 27.5. The summed E-state index contributed by atoms with van der Waals surface area (Å²) >= 11 is 0. The molecule has 0 aromatic rings. The number of alkyl carbamates (subject to hydrolysis) is 1. The minimum atomic E-state index is -0.738. The van der Waals surface area contributed by atoms with Crippen LogP contribution in [0.4, 0.5) is 4.79 Å². The van der Waals surface area contributed by atoms with E-state index in [0.717, 1.165) is 57.7 Å². The number of aldehydes is 1. The fourth-order valence-electron chi connectivity index (χ4n) is 5.94. The lowest BCUT2D eigenvalue weighted by atomic mass is 9.98. The van der Waals surface area contributed by atoms with Crippen LogP contribution >= 0.6 is 0 Å². The van der Waals surface area contributed by atoms with E-state index in [0.29, 0.717) is 19.4 Å². The molecular weight excluding hydrogens is 446 g/mol.